The van der Waals surface area contributed by atoms with Crippen molar-refractivity contribution in [2.24, 2.45) is 0 Å². The number of nitrogens with zero attached hydrogens (tertiary/aromatic N) is 2. The molecule has 1 N–H and O–H groups in total. The Morgan fingerprint density at radius 2 is 2.00 bits per heavy atom. The number of nitro benzene ring substituents is 1. The number of fused-ring (bicyclic) bond motifs is 1. The Morgan fingerprint density at radius 1 is 1.24 bits per heavy atom. The van der Waals surface area contributed by atoms with Crippen LogP contribution in [0.25, 0.3) is 10.8 Å². The summed E-state index contributed by atoms with van der Waals surface area (Å²) in [6.07, 6.45) is 0. The number of nitro groups is 1. The second-order valence-corrected chi connectivity index (χ2v) is 5.47. The molecule has 7 nitrogen and oxygen atoms in total. The Labute approximate surface area is 147 Å². The normalized spacial score (nSPS) is 10.5. The number of benzene rings is 2. The molecule has 3 aromatic rings. The van der Waals surface area contributed by atoms with Gasteiger partial charge in [-0.3, -0.25) is 14.9 Å². The molecule has 0 atom stereocenters. The molecule has 0 aliphatic heterocycles. The van der Waals surface area contributed by atoms with Gasteiger partial charge in [0.2, 0.25) is 0 Å². The summed E-state index contributed by atoms with van der Waals surface area (Å²) < 4.78 is 5.13. The lowest BCUT2D eigenvalue weighted by Gasteiger charge is -2.10. The summed E-state index contributed by atoms with van der Waals surface area (Å²) in [5.74, 6) is -0.253. The van der Waals surface area contributed by atoms with Crippen LogP contribution in [0.1, 0.15) is 10.5 Å². The average molecular weight is 358 g/mol. The van der Waals surface area contributed by atoms with Crippen molar-refractivity contribution in [3.8, 4) is 5.75 Å². The van der Waals surface area contributed by atoms with E-state index < -0.39 is 10.8 Å². The zero-order chi connectivity index (χ0) is 18.0. The molecule has 1 aromatic heterocycles. The molecule has 0 bridgehead atoms. The predicted molar refractivity (Wildman–Crippen MR) is 94.4 cm³/mol. The molecule has 8 heteroatoms. The van der Waals surface area contributed by atoms with E-state index in [9.17, 15) is 14.9 Å². The molecular weight excluding hydrogens is 346 g/mol. The fourth-order valence-electron chi connectivity index (χ4n) is 2.37. The van der Waals surface area contributed by atoms with Crippen LogP contribution in [-0.2, 0) is 0 Å². The van der Waals surface area contributed by atoms with E-state index in [0.717, 1.165) is 10.8 Å². The maximum atomic E-state index is 12.5. The van der Waals surface area contributed by atoms with Gasteiger partial charge in [-0.05, 0) is 17.5 Å². The molecule has 0 spiro atoms. The molecule has 3 rings (SSSR count). The van der Waals surface area contributed by atoms with Crippen LogP contribution >= 0.6 is 11.6 Å². The molecule has 0 aliphatic rings. The first kappa shape index (κ1) is 16.7. The number of halogens is 1. The number of carbonyl (C=O) groups is 1. The Hall–Kier alpha value is -3.19. The van der Waals surface area contributed by atoms with E-state index in [1.54, 1.807) is 12.1 Å². The molecule has 0 saturated carbocycles. The van der Waals surface area contributed by atoms with E-state index in [4.69, 9.17) is 16.3 Å². The maximum absolute atomic E-state index is 12.5. The topological polar surface area (TPSA) is 94.4 Å². The number of pyridine rings is 1. The van der Waals surface area contributed by atoms with Crippen LogP contribution in [0.2, 0.25) is 5.15 Å². The van der Waals surface area contributed by atoms with Crippen molar-refractivity contribution in [3.05, 3.63) is 69.5 Å². The Morgan fingerprint density at radius 3 is 2.72 bits per heavy atom. The molecule has 0 unspecified atom stereocenters. The lowest BCUT2D eigenvalue weighted by Crippen LogP contribution is -2.14. The van der Waals surface area contributed by atoms with Gasteiger partial charge >= 0.3 is 0 Å². The van der Waals surface area contributed by atoms with Gasteiger partial charge in [-0.2, -0.15) is 0 Å². The van der Waals surface area contributed by atoms with Crippen LogP contribution < -0.4 is 10.1 Å². The summed E-state index contributed by atoms with van der Waals surface area (Å²) in [5, 5.41) is 15.2. The molecule has 0 saturated heterocycles. The summed E-state index contributed by atoms with van der Waals surface area (Å²) in [6, 6.07) is 12.8. The number of ether oxygens (including phenoxy) is 1. The SMILES string of the molecule is COc1ccc([N+](=O)[O-])cc1NC(=O)c1cc2ccccc2c(Cl)n1. The van der Waals surface area contributed by atoms with Crippen LogP contribution in [0.5, 0.6) is 5.75 Å². The Balaban J connectivity index is 1.97. The predicted octanol–water partition coefficient (Wildman–Crippen LogP) is 4.06. The van der Waals surface area contributed by atoms with Gasteiger partial charge < -0.3 is 10.1 Å². The minimum Gasteiger partial charge on any atom is -0.495 e. The molecule has 0 aliphatic carbocycles. The van der Waals surface area contributed by atoms with Crippen molar-refractivity contribution in [1.29, 1.82) is 0 Å². The van der Waals surface area contributed by atoms with Gasteiger partial charge in [0.05, 0.1) is 17.7 Å². The van der Waals surface area contributed by atoms with Gasteiger partial charge in [0.25, 0.3) is 11.6 Å². The minimum absolute atomic E-state index is 0.0947. The van der Waals surface area contributed by atoms with Gasteiger partial charge in [0.15, 0.2) is 0 Å². The van der Waals surface area contributed by atoms with Crippen molar-refractivity contribution in [2.75, 3.05) is 12.4 Å². The number of aromatic nitrogens is 1. The zero-order valence-corrected chi connectivity index (χ0v) is 13.8. The molecule has 1 amide bonds. The van der Waals surface area contributed by atoms with Crippen molar-refractivity contribution < 1.29 is 14.5 Å². The van der Waals surface area contributed by atoms with Crippen LogP contribution in [0.15, 0.2) is 48.5 Å². The Bertz CT molecular complexity index is 991. The third kappa shape index (κ3) is 3.36. The summed E-state index contributed by atoms with van der Waals surface area (Å²) in [5.41, 5.74) is 0.102. The second-order valence-electron chi connectivity index (χ2n) is 5.12. The molecule has 0 fully saturated rings. The Kier molecular flexibility index (Phi) is 4.49. The van der Waals surface area contributed by atoms with Crippen molar-refractivity contribution >= 4 is 39.7 Å². The monoisotopic (exact) mass is 357 g/mol. The van der Waals surface area contributed by atoms with Crippen molar-refractivity contribution in [3.63, 3.8) is 0 Å². The van der Waals surface area contributed by atoms with Crippen LogP contribution in [0.4, 0.5) is 11.4 Å². The summed E-state index contributed by atoms with van der Waals surface area (Å²) in [7, 11) is 1.40. The summed E-state index contributed by atoms with van der Waals surface area (Å²) in [4.78, 5) is 27.0. The van der Waals surface area contributed by atoms with Crippen LogP contribution in [-0.4, -0.2) is 22.9 Å². The highest BCUT2D eigenvalue weighted by atomic mass is 35.5. The van der Waals surface area contributed by atoms with Crippen LogP contribution in [0, 0.1) is 10.1 Å². The lowest BCUT2D eigenvalue weighted by molar-refractivity contribution is -0.384. The van der Waals surface area contributed by atoms with E-state index in [-0.39, 0.29) is 22.2 Å². The number of rotatable bonds is 4. The first-order valence-corrected chi connectivity index (χ1v) is 7.56. The van der Waals surface area contributed by atoms with Crippen LogP contribution in [0.3, 0.4) is 0 Å². The van der Waals surface area contributed by atoms with E-state index in [1.165, 1.54) is 25.3 Å². The van der Waals surface area contributed by atoms with Crippen molar-refractivity contribution in [1.82, 2.24) is 4.98 Å². The first-order chi connectivity index (χ1) is 12.0. The van der Waals surface area contributed by atoms with Gasteiger partial charge in [0, 0.05) is 17.5 Å². The smallest absolute Gasteiger partial charge is 0.274 e. The molecule has 25 heavy (non-hydrogen) atoms. The number of hydrogen-bond donors (Lipinski definition) is 1. The quantitative estimate of drug-likeness (QED) is 0.431. The standard InChI is InChI=1S/C17H12ClN3O4/c1-25-15-7-6-11(21(23)24)9-13(15)20-17(22)14-8-10-4-2-3-5-12(10)16(18)19-14/h2-9H,1H3,(H,20,22). The van der Waals surface area contributed by atoms with E-state index in [0.29, 0.717) is 5.75 Å². The third-order valence-electron chi connectivity index (χ3n) is 3.57. The molecule has 2 aromatic carbocycles. The second kappa shape index (κ2) is 6.74. The van der Waals surface area contributed by atoms with Gasteiger partial charge in [-0.1, -0.05) is 35.9 Å². The molecule has 126 valence electrons. The van der Waals surface area contributed by atoms with E-state index in [2.05, 4.69) is 10.3 Å². The number of amides is 1. The number of hydrogen-bond acceptors (Lipinski definition) is 5. The van der Waals surface area contributed by atoms with E-state index in [1.807, 2.05) is 18.2 Å². The number of anilines is 1. The minimum atomic E-state index is -0.555. The molecule has 1 heterocycles. The summed E-state index contributed by atoms with van der Waals surface area (Å²) in [6.45, 7) is 0. The maximum Gasteiger partial charge on any atom is 0.274 e. The fourth-order valence-corrected chi connectivity index (χ4v) is 2.63. The summed E-state index contributed by atoms with van der Waals surface area (Å²) >= 11 is 6.13. The molecular formula is C17H12ClN3O4. The highest BCUT2D eigenvalue weighted by Gasteiger charge is 2.16. The van der Waals surface area contributed by atoms with Gasteiger partial charge in [-0.25, -0.2) is 4.98 Å². The number of nitrogens with one attached hydrogen (secondary N) is 1. The van der Waals surface area contributed by atoms with E-state index >= 15 is 0 Å². The number of methoxy groups -OCH3 is 1. The van der Waals surface area contributed by atoms with Crippen molar-refractivity contribution in [2.45, 2.75) is 0 Å². The third-order valence-corrected chi connectivity index (χ3v) is 3.86. The average Bonchev–Trinajstić information content (AvgIpc) is 2.61. The lowest BCUT2D eigenvalue weighted by atomic mass is 10.1. The highest BCUT2D eigenvalue weighted by Crippen LogP contribution is 2.29. The highest BCUT2D eigenvalue weighted by molar-refractivity contribution is 6.34. The van der Waals surface area contributed by atoms with Gasteiger partial charge in [0.1, 0.15) is 16.6 Å². The number of carbonyl (C=O) groups excluding carboxylic acids is 1. The zero-order valence-electron chi connectivity index (χ0n) is 13.0. The first-order valence-electron chi connectivity index (χ1n) is 7.18. The molecule has 0 radical (unpaired) electrons. The number of non-ortho nitro benzene ring substituents is 1. The fraction of sp³-hybridized carbons (Fsp3) is 0.0588. The largest absolute Gasteiger partial charge is 0.495 e. The van der Waals surface area contributed by atoms with Gasteiger partial charge in [-0.15, -0.1) is 0 Å².